The molecular weight excluding hydrogens is 441 g/mol. The number of amides is 1. The number of aromatic amines is 1. The summed E-state index contributed by atoms with van der Waals surface area (Å²) in [5, 5.41) is 0.864. The number of hydrogen-bond donors (Lipinski definition) is 1. The normalized spacial score (nSPS) is 11.2. The van der Waals surface area contributed by atoms with Crippen molar-refractivity contribution in [3.63, 3.8) is 0 Å². The van der Waals surface area contributed by atoms with Gasteiger partial charge in [-0.05, 0) is 24.6 Å². The standard InChI is InChI=1S/C21H24FN3O4S2/c1-13-17(14-4-6-15(22)7-5-14)18-19(27)23-21(24-20(18)31-13)30-12-16(26)25(8-10-28-2)9-11-29-3/h4-7H,8-12H2,1-3H3,(H,23,24,27). The fraction of sp³-hybridized carbons (Fsp3) is 0.381. The molecule has 0 aliphatic rings. The number of thioether (sulfide) groups is 1. The third kappa shape index (κ3) is 5.70. The molecule has 0 saturated heterocycles. The molecule has 2 aromatic heterocycles. The highest BCUT2D eigenvalue weighted by Crippen LogP contribution is 2.36. The number of ether oxygens (including phenoxy) is 2. The summed E-state index contributed by atoms with van der Waals surface area (Å²) < 4.78 is 23.4. The summed E-state index contributed by atoms with van der Waals surface area (Å²) in [6.45, 7) is 3.70. The van der Waals surface area contributed by atoms with Crippen molar-refractivity contribution < 1.29 is 18.7 Å². The number of aryl methyl sites for hydroxylation is 1. The van der Waals surface area contributed by atoms with Crippen LogP contribution in [-0.4, -0.2) is 67.1 Å². The van der Waals surface area contributed by atoms with E-state index in [4.69, 9.17) is 9.47 Å². The molecule has 0 aliphatic heterocycles. The van der Waals surface area contributed by atoms with Crippen LogP contribution in [0.15, 0.2) is 34.2 Å². The molecule has 7 nitrogen and oxygen atoms in total. The number of methoxy groups -OCH3 is 2. The molecule has 0 fully saturated rings. The van der Waals surface area contributed by atoms with Crippen molar-refractivity contribution in [2.24, 2.45) is 0 Å². The Morgan fingerprint density at radius 1 is 1.19 bits per heavy atom. The van der Waals surface area contributed by atoms with Gasteiger partial charge in [-0.2, -0.15) is 0 Å². The molecule has 0 unspecified atom stereocenters. The second-order valence-corrected chi connectivity index (χ2v) is 8.91. The van der Waals surface area contributed by atoms with E-state index >= 15 is 0 Å². The lowest BCUT2D eigenvalue weighted by Gasteiger charge is -2.21. The second-order valence-electron chi connectivity index (χ2n) is 6.75. The highest BCUT2D eigenvalue weighted by Gasteiger charge is 2.18. The molecule has 1 N–H and O–H groups in total. The molecule has 3 rings (SSSR count). The molecule has 0 bridgehead atoms. The van der Waals surface area contributed by atoms with Gasteiger partial charge in [-0.25, -0.2) is 9.37 Å². The summed E-state index contributed by atoms with van der Waals surface area (Å²) in [6, 6.07) is 6.04. The minimum absolute atomic E-state index is 0.0868. The molecule has 0 aliphatic carbocycles. The average molecular weight is 466 g/mol. The van der Waals surface area contributed by atoms with E-state index in [1.807, 2.05) is 6.92 Å². The molecule has 0 atom stereocenters. The number of halogens is 1. The fourth-order valence-electron chi connectivity index (χ4n) is 3.12. The number of aromatic nitrogens is 2. The van der Waals surface area contributed by atoms with Crippen molar-refractivity contribution in [1.29, 1.82) is 0 Å². The Morgan fingerprint density at radius 3 is 2.45 bits per heavy atom. The highest BCUT2D eigenvalue weighted by molar-refractivity contribution is 7.99. The van der Waals surface area contributed by atoms with Gasteiger partial charge < -0.3 is 19.4 Å². The summed E-state index contributed by atoms with van der Waals surface area (Å²) in [7, 11) is 3.17. The van der Waals surface area contributed by atoms with Crippen molar-refractivity contribution in [2.75, 3.05) is 46.3 Å². The predicted octanol–water partition coefficient (Wildman–Crippen LogP) is 3.31. The van der Waals surface area contributed by atoms with Crippen molar-refractivity contribution in [3.8, 4) is 11.1 Å². The van der Waals surface area contributed by atoms with E-state index in [1.165, 1.54) is 35.2 Å². The summed E-state index contributed by atoms with van der Waals surface area (Å²) in [5.74, 6) is -0.283. The molecule has 0 saturated carbocycles. The van der Waals surface area contributed by atoms with Gasteiger partial charge in [0.15, 0.2) is 5.16 Å². The monoisotopic (exact) mass is 465 g/mol. The van der Waals surface area contributed by atoms with Gasteiger partial charge in [0.1, 0.15) is 10.6 Å². The van der Waals surface area contributed by atoms with Crippen LogP contribution in [0.4, 0.5) is 4.39 Å². The average Bonchev–Trinajstić information content (AvgIpc) is 3.09. The molecule has 3 aromatic rings. The fourth-order valence-corrected chi connectivity index (χ4v) is 4.98. The van der Waals surface area contributed by atoms with E-state index in [-0.39, 0.29) is 23.0 Å². The van der Waals surface area contributed by atoms with E-state index in [0.717, 1.165) is 16.0 Å². The molecule has 0 spiro atoms. The largest absolute Gasteiger partial charge is 0.383 e. The maximum atomic E-state index is 13.3. The van der Waals surface area contributed by atoms with Crippen LogP contribution in [0.1, 0.15) is 4.88 Å². The maximum absolute atomic E-state index is 13.3. The number of H-pyrrole nitrogens is 1. The Balaban J connectivity index is 1.80. The van der Waals surface area contributed by atoms with Gasteiger partial charge in [-0.3, -0.25) is 9.59 Å². The summed E-state index contributed by atoms with van der Waals surface area (Å²) in [4.78, 5) is 35.9. The van der Waals surface area contributed by atoms with Gasteiger partial charge in [0.25, 0.3) is 5.56 Å². The lowest BCUT2D eigenvalue weighted by molar-refractivity contribution is -0.129. The number of thiophene rings is 1. The van der Waals surface area contributed by atoms with Crippen LogP contribution < -0.4 is 5.56 Å². The van der Waals surface area contributed by atoms with Gasteiger partial charge >= 0.3 is 0 Å². The Labute approximate surface area is 187 Å². The molecule has 166 valence electrons. The number of carbonyl (C=O) groups is 1. The first-order valence-electron chi connectivity index (χ1n) is 9.62. The van der Waals surface area contributed by atoms with Crippen LogP contribution in [0.2, 0.25) is 0 Å². The summed E-state index contributed by atoms with van der Waals surface area (Å²) in [5.41, 5.74) is 1.24. The summed E-state index contributed by atoms with van der Waals surface area (Å²) >= 11 is 2.59. The minimum Gasteiger partial charge on any atom is -0.383 e. The Hall–Kier alpha value is -2.27. The van der Waals surface area contributed by atoms with Gasteiger partial charge in [0.05, 0.1) is 24.4 Å². The van der Waals surface area contributed by atoms with Crippen LogP contribution in [0.5, 0.6) is 0 Å². The smallest absolute Gasteiger partial charge is 0.260 e. The van der Waals surface area contributed by atoms with Crippen molar-refractivity contribution in [2.45, 2.75) is 12.1 Å². The van der Waals surface area contributed by atoms with Crippen molar-refractivity contribution in [1.82, 2.24) is 14.9 Å². The Morgan fingerprint density at radius 2 is 1.84 bits per heavy atom. The van der Waals surface area contributed by atoms with Crippen LogP contribution in [0.3, 0.4) is 0 Å². The predicted molar refractivity (Wildman–Crippen MR) is 121 cm³/mol. The Bertz CT molecular complexity index is 1090. The van der Waals surface area contributed by atoms with E-state index in [1.54, 1.807) is 31.3 Å². The van der Waals surface area contributed by atoms with E-state index in [2.05, 4.69) is 9.97 Å². The van der Waals surface area contributed by atoms with Crippen LogP contribution in [0.25, 0.3) is 21.3 Å². The third-order valence-corrected chi connectivity index (χ3v) is 6.52. The third-order valence-electron chi connectivity index (χ3n) is 4.66. The molecule has 0 radical (unpaired) electrons. The lowest BCUT2D eigenvalue weighted by Crippen LogP contribution is -2.37. The molecule has 10 heteroatoms. The quantitative estimate of drug-likeness (QED) is 0.365. The highest BCUT2D eigenvalue weighted by atomic mass is 32.2. The van der Waals surface area contributed by atoms with E-state index in [0.29, 0.717) is 41.7 Å². The van der Waals surface area contributed by atoms with Gasteiger partial charge in [0.2, 0.25) is 5.91 Å². The van der Waals surface area contributed by atoms with Gasteiger partial charge in [-0.15, -0.1) is 11.3 Å². The molecule has 31 heavy (non-hydrogen) atoms. The van der Waals surface area contributed by atoms with Gasteiger partial charge in [0, 0.05) is 37.7 Å². The lowest BCUT2D eigenvalue weighted by atomic mass is 10.0. The van der Waals surface area contributed by atoms with E-state index < -0.39 is 0 Å². The van der Waals surface area contributed by atoms with Crippen LogP contribution in [-0.2, 0) is 14.3 Å². The molecule has 1 aromatic carbocycles. The number of benzene rings is 1. The number of nitrogens with zero attached hydrogens (tertiary/aromatic N) is 2. The first-order chi connectivity index (χ1) is 14.9. The van der Waals surface area contributed by atoms with Gasteiger partial charge in [-0.1, -0.05) is 23.9 Å². The zero-order valence-electron chi connectivity index (χ0n) is 17.6. The summed E-state index contributed by atoms with van der Waals surface area (Å²) in [6.07, 6.45) is 0. The number of rotatable bonds is 10. The number of nitrogens with one attached hydrogen (secondary N) is 1. The van der Waals surface area contributed by atoms with Crippen LogP contribution >= 0.6 is 23.1 Å². The first-order valence-corrected chi connectivity index (χ1v) is 11.4. The first kappa shape index (κ1) is 23.4. The van der Waals surface area contributed by atoms with E-state index in [9.17, 15) is 14.0 Å². The minimum atomic E-state index is -0.332. The number of hydrogen-bond acceptors (Lipinski definition) is 7. The molecule has 1 amide bonds. The number of carbonyl (C=O) groups excluding carboxylic acids is 1. The number of fused-ring (bicyclic) bond motifs is 1. The second kappa shape index (κ2) is 10.9. The molecular formula is C21H24FN3O4S2. The van der Waals surface area contributed by atoms with Crippen molar-refractivity contribution in [3.05, 3.63) is 45.3 Å². The topological polar surface area (TPSA) is 84.5 Å². The SMILES string of the molecule is COCCN(CCOC)C(=O)CSc1nc2sc(C)c(-c3ccc(F)cc3)c2c(=O)[nH]1. The Kier molecular flexibility index (Phi) is 8.19. The molecule has 2 heterocycles. The maximum Gasteiger partial charge on any atom is 0.260 e. The van der Waals surface area contributed by atoms with Crippen molar-refractivity contribution >= 4 is 39.2 Å². The zero-order valence-corrected chi connectivity index (χ0v) is 19.2. The zero-order chi connectivity index (χ0) is 22.4. The van der Waals surface area contributed by atoms with Crippen LogP contribution in [0, 0.1) is 12.7 Å².